The molecule has 1 aliphatic carbocycles. The highest BCUT2D eigenvalue weighted by atomic mass is 16.5. The molecule has 1 atom stereocenters. The second-order valence-corrected chi connectivity index (χ2v) is 4.48. The van der Waals surface area contributed by atoms with Gasteiger partial charge in [0.2, 0.25) is 0 Å². The van der Waals surface area contributed by atoms with Gasteiger partial charge in [-0.1, -0.05) is 24.3 Å². The fraction of sp³-hybridized carbons (Fsp3) is 0.667. The largest absolute Gasteiger partial charge is 0.466 e. The molecule has 0 saturated carbocycles. The normalized spacial score (nSPS) is 22.5. The molecule has 0 aromatic heterocycles. The van der Waals surface area contributed by atoms with Crippen LogP contribution < -0.4 is 0 Å². The maximum Gasteiger partial charge on any atom is 0.308 e. The summed E-state index contributed by atoms with van der Waals surface area (Å²) in [5.74, 6) is 0.0781. The summed E-state index contributed by atoms with van der Waals surface area (Å²) >= 11 is 0. The van der Waals surface area contributed by atoms with Crippen LogP contribution in [0.2, 0.25) is 0 Å². The summed E-state index contributed by atoms with van der Waals surface area (Å²) in [6.45, 7) is 2.36. The van der Waals surface area contributed by atoms with Crippen molar-refractivity contribution >= 4 is 5.97 Å². The van der Waals surface area contributed by atoms with Crippen molar-refractivity contribution in [2.24, 2.45) is 5.92 Å². The average Bonchev–Trinajstić information content (AvgIpc) is 2.30. The van der Waals surface area contributed by atoms with E-state index >= 15 is 0 Å². The number of carbonyl (C=O) groups is 1. The second-order valence-electron chi connectivity index (χ2n) is 4.48. The third kappa shape index (κ3) is 6.30. The SMILES string of the molecule is CCOC(=O)C1CCC=CCCC=CCCC1. The number of allylic oxidation sites excluding steroid dienone is 4. The molecule has 0 amide bonds. The van der Waals surface area contributed by atoms with E-state index in [4.69, 9.17) is 4.74 Å². The van der Waals surface area contributed by atoms with Crippen molar-refractivity contribution in [3.8, 4) is 0 Å². The minimum Gasteiger partial charge on any atom is -0.466 e. The first-order valence-electron chi connectivity index (χ1n) is 6.81. The molecular weight excluding hydrogens is 212 g/mol. The van der Waals surface area contributed by atoms with E-state index < -0.39 is 0 Å². The van der Waals surface area contributed by atoms with Crippen LogP contribution in [0.3, 0.4) is 0 Å². The monoisotopic (exact) mass is 236 g/mol. The molecule has 0 N–H and O–H groups in total. The number of hydrogen-bond acceptors (Lipinski definition) is 2. The predicted octanol–water partition coefficient (Wildman–Crippen LogP) is 4.02. The summed E-state index contributed by atoms with van der Waals surface area (Å²) in [7, 11) is 0. The lowest BCUT2D eigenvalue weighted by molar-refractivity contribution is -0.148. The van der Waals surface area contributed by atoms with Crippen molar-refractivity contribution in [2.75, 3.05) is 6.61 Å². The molecule has 96 valence electrons. The molecule has 2 nitrogen and oxygen atoms in total. The Morgan fingerprint density at radius 1 is 1.06 bits per heavy atom. The van der Waals surface area contributed by atoms with Crippen LogP contribution in [-0.4, -0.2) is 12.6 Å². The van der Waals surface area contributed by atoms with Gasteiger partial charge in [-0.3, -0.25) is 4.79 Å². The van der Waals surface area contributed by atoms with Gasteiger partial charge in [0.25, 0.3) is 0 Å². The van der Waals surface area contributed by atoms with Gasteiger partial charge < -0.3 is 4.74 Å². The van der Waals surface area contributed by atoms with Crippen molar-refractivity contribution in [1.29, 1.82) is 0 Å². The third-order valence-electron chi connectivity index (χ3n) is 3.06. The smallest absolute Gasteiger partial charge is 0.308 e. The van der Waals surface area contributed by atoms with E-state index in [2.05, 4.69) is 24.3 Å². The van der Waals surface area contributed by atoms with E-state index in [1.807, 2.05) is 6.92 Å². The zero-order valence-corrected chi connectivity index (χ0v) is 10.9. The summed E-state index contributed by atoms with van der Waals surface area (Å²) in [5, 5.41) is 0. The Kier molecular flexibility index (Phi) is 7.44. The Hall–Kier alpha value is -1.05. The van der Waals surface area contributed by atoms with Gasteiger partial charge in [-0.05, 0) is 51.9 Å². The van der Waals surface area contributed by atoms with Crippen molar-refractivity contribution < 1.29 is 9.53 Å². The lowest BCUT2D eigenvalue weighted by Gasteiger charge is -2.14. The first kappa shape index (κ1) is 14.0. The summed E-state index contributed by atoms with van der Waals surface area (Å²) in [4.78, 5) is 11.8. The number of rotatable bonds is 2. The molecule has 0 heterocycles. The first-order chi connectivity index (χ1) is 8.34. The van der Waals surface area contributed by atoms with E-state index in [0.717, 1.165) is 44.9 Å². The molecule has 0 radical (unpaired) electrons. The van der Waals surface area contributed by atoms with Crippen LogP contribution in [0.15, 0.2) is 24.3 Å². The molecule has 0 aromatic carbocycles. The topological polar surface area (TPSA) is 26.3 Å². The maximum absolute atomic E-state index is 11.8. The standard InChI is InChI=1S/C15H24O2/c1-2-17-15(16)14-12-10-8-6-4-3-5-7-9-11-13-14/h4,6-7,9,14H,2-3,5,8,10-13H2,1H3. The van der Waals surface area contributed by atoms with E-state index in [9.17, 15) is 4.79 Å². The highest BCUT2D eigenvalue weighted by Crippen LogP contribution is 2.18. The fourth-order valence-electron chi connectivity index (χ4n) is 2.08. The molecule has 0 aromatic rings. The molecule has 1 unspecified atom stereocenters. The second kappa shape index (κ2) is 9.03. The molecule has 0 bridgehead atoms. The Balaban J connectivity index is 2.47. The predicted molar refractivity (Wildman–Crippen MR) is 70.7 cm³/mol. The highest BCUT2D eigenvalue weighted by molar-refractivity contribution is 5.72. The molecule has 1 rings (SSSR count). The Labute approximate surface area is 105 Å². The van der Waals surface area contributed by atoms with E-state index in [1.54, 1.807) is 0 Å². The zero-order valence-electron chi connectivity index (χ0n) is 10.9. The van der Waals surface area contributed by atoms with Gasteiger partial charge >= 0.3 is 5.97 Å². The molecule has 2 heteroatoms. The van der Waals surface area contributed by atoms with Crippen molar-refractivity contribution in [2.45, 2.75) is 51.9 Å². The van der Waals surface area contributed by atoms with Gasteiger partial charge in [-0.25, -0.2) is 0 Å². The summed E-state index contributed by atoms with van der Waals surface area (Å²) in [6.07, 6.45) is 16.2. The molecular formula is C15H24O2. The number of hydrogen-bond donors (Lipinski definition) is 0. The zero-order chi connectivity index (χ0) is 12.3. The molecule has 17 heavy (non-hydrogen) atoms. The van der Waals surface area contributed by atoms with Crippen molar-refractivity contribution in [3.63, 3.8) is 0 Å². The van der Waals surface area contributed by atoms with Crippen LogP contribution in [-0.2, 0) is 9.53 Å². The Bertz CT molecular complexity index is 266. The van der Waals surface area contributed by atoms with Gasteiger partial charge in [0.15, 0.2) is 0 Å². The highest BCUT2D eigenvalue weighted by Gasteiger charge is 2.18. The van der Waals surface area contributed by atoms with Crippen molar-refractivity contribution in [3.05, 3.63) is 24.3 Å². The number of carbonyl (C=O) groups excluding carboxylic acids is 1. The van der Waals surface area contributed by atoms with E-state index in [0.29, 0.717) is 6.61 Å². The third-order valence-corrected chi connectivity index (χ3v) is 3.06. The average molecular weight is 236 g/mol. The van der Waals surface area contributed by atoms with Crippen LogP contribution >= 0.6 is 0 Å². The Morgan fingerprint density at radius 2 is 1.71 bits per heavy atom. The number of esters is 1. The van der Waals surface area contributed by atoms with Crippen LogP contribution in [0.4, 0.5) is 0 Å². The first-order valence-corrected chi connectivity index (χ1v) is 6.81. The molecule has 1 aliphatic rings. The lowest BCUT2D eigenvalue weighted by Crippen LogP contribution is -2.17. The van der Waals surface area contributed by atoms with E-state index in [1.165, 1.54) is 0 Å². The number of ether oxygens (including phenoxy) is 1. The van der Waals surface area contributed by atoms with Gasteiger partial charge in [0.1, 0.15) is 0 Å². The summed E-state index contributed by atoms with van der Waals surface area (Å²) < 4.78 is 5.12. The van der Waals surface area contributed by atoms with Gasteiger partial charge in [-0.15, -0.1) is 0 Å². The van der Waals surface area contributed by atoms with Crippen molar-refractivity contribution in [1.82, 2.24) is 0 Å². The van der Waals surface area contributed by atoms with Crippen LogP contribution in [0.1, 0.15) is 51.9 Å². The van der Waals surface area contributed by atoms with E-state index in [-0.39, 0.29) is 11.9 Å². The maximum atomic E-state index is 11.8. The molecule has 0 saturated heterocycles. The molecule has 0 spiro atoms. The minimum absolute atomic E-state index is 0.0121. The fourth-order valence-corrected chi connectivity index (χ4v) is 2.08. The quantitative estimate of drug-likeness (QED) is 0.534. The summed E-state index contributed by atoms with van der Waals surface area (Å²) in [5.41, 5.74) is 0. The van der Waals surface area contributed by atoms with Crippen LogP contribution in [0.5, 0.6) is 0 Å². The van der Waals surface area contributed by atoms with Gasteiger partial charge in [0, 0.05) is 0 Å². The van der Waals surface area contributed by atoms with Gasteiger partial charge in [-0.2, -0.15) is 0 Å². The minimum atomic E-state index is -0.0121. The summed E-state index contributed by atoms with van der Waals surface area (Å²) in [6, 6.07) is 0. The van der Waals surface area contributed by atoms with Gasteiger partial charge in [0.05, 0.1) is 12.5 Å². The molecule has 0 aliphatic heterocycles. The Morgan fingerprint density at radius 3 is 2.41 bits per heavy atom. The van der Waals surface area contributed by atoms with Crippen LogP contribution in [0.25, 0.3) is 0 Å². The molecule has 0 fully saturated rings. The van der Waals surface area contributed by atoms with Crippen LogP contribution in [0, 0.1) is 5.92 Å². The lowest BCUT2D eigenvalue weighted by atomic mass is 9.96.